The van der Waals surface area contributed by atoms with Crippen LogP contribution in [0.15, 0.2) is 0 Å². The number of nitriles is 1. The standard InChI is InChI=1S/C6H6NO/c7-3-5-1-2-6(5)4-8/h5-6H,1-2H2. The van der Waals surface area contributed by atoms with Gasteiger partial charge in [0.25, 0.3) is 0 Å². The van der Waals surface area contributed by atoms with Crippen LogP contribution in [-0.4, -0.2) is 6.29 Å². The first kappa shape index (κ1) is 5.30. The van der Waals surface area contributed by atoms with Gasteiger partial charge in [0, 0.05) is 5.92 Å². The minimum absolute atomic E-state index is 0.0208. The van der Waals surface area contributed by atoms with Crippen molar-refractivity contribution in [2.24, 2.45) is 11.8 Å². The van der Waals surface area contributed by atoms with Gasteiger partial charge in [-0.3, -0.25) is 4.79 Å². The van der Waals surface area contributed by atoms with Gasteiger partial charge in [0.15, 0.2) is 0 Å². The molecule has 0 N–H and O–H groups in total. The molecule has 1 saturated carbocycles. The van der Waals surface area contributed by atoms with Crippen molar-refractivity contribution < 1.29 is 4.79 Å². The van der Waals surface area contributed by atoms with Gasteiger partial charge in [-0.1, -0.05) is 0 Å². The molecule has 1 radical (unpaired) electrons. The fourth-order valence-electron chi connectivity index (χ4n) is 0.796. The highest BCUT2D eigenvalue weighted by Crippen LogP contribution is 2.31. The molecule has 1 aliphatic rings. The molecule has 0 heterocycles. The Hall–Kier alpha value is -0.840. The summed E-state index contributed by atoms with van der Waals surface area (Å²) in [6, 6.07) is 2.04. The van der Waals surface area contributed by atoms with Gasteiger partial charge < -0.3 is 0 Å². The molecule has 1 rings (SSSR count). The van der Waals surface area contributed by atoms with E-state index in [1.54, 1.807) is 0 Å². The summed E-state index contributed by atoms with van der Waals surface area (Å²) in [5.74, 6) is -0.0903. The molecule has 2 heteroatoms. The van der Waals surface area contributed by atoms with Crippen LogP contribution in [0.5, 0.6) is 0 Å². The largest absolute Gasteiger partial charge is 0.291 e. The van der Waals surface area contributed by atoms with Crippen molar-refractivity contribution in [3.05, 3.63) is 0 Å². The van der Waals surface area contributed by atoms with Crippen molar-refractivity contribution in [3.63, 3.8) is 0 Å². The van der Waals surface area contributed by atoms with Gasteiger partial charge >= 0.3 is 0 Å². The lowest BCUT2D eigenvalue weighted by atomic mass is 9.76. The molecule has 0 saturated heterocycles. The van der Waals surface area contributed by atoms with E-state index in [-0.39, 0.29) is 11.8 Å². The smallest absolute Gasteiger partial charge is 0.203 e. The molecule has 0 aliphatic heterocycles. The summed E-state index contributed by atoms with van der Waals surface area (Å²) in [6.45, 7) is 0. The lowest BCUT2D eigenvalue weighted by Gasteiger charge is -2.24. The third-order valence-electron chi connectivity index (χ3n) is 1.59. The van der Waals surface area contributed by atoms with Crippen molar-refractivity contribution in [3.8, 4) is 6.07 Å². The summed E-state index contributed by atoms with van der Waals surface area (Å²) in [6.07, 6.45) is 3.58. The van der Waals surface area contributed by atoms with Crippen molar-refractivity contribution in [1.82, 2.24) is 0 Å². The molecule has 41 valence electrons. The van der Waals surface area contributed by atoms with Crippen LogP contribution < -0.4 is 0 Å². The van der Waals surface area contributed by atoms with E-state index in [1.807, 2.05) is 12.4 Å². The second kappa shape index (κ2) is 1.95. The first-order valence-corrected chi connectivity index (χ1v) is 2.65. The Morgan fingerprint density at radius 2 is 2.00 bits per heavy atom. The molecule has 8 heavy (non-hydrogen) atoms. The average Bonchev–Trinajstić information content (AvgIpc) is 1.66. The summed E-state index contributed by atoms with van der Waals surface area (Å²) in [5, 5.41) is 8.26. The fourth-order valence-corrected chi connectivity index (χ4v) is 0.796. The van der Waals surface area contributed by atoms with E-state index in [9.17, 15) is 4.79 Å². The maximum atomic E-state index is 9.88. The van der Waals surface area contributed by atoms with Gasteiger partial charge in [0.1, 0.15) is 0 Å². The van der Waals surface area contributed by atoms with Crippen molar-refractivity contribution >= 4 is 6.29 Å². The molecule has 2 unspecified atom stereocenters. The van der Waals surface area contributed by atoms with Crippen LogP contribution in [0.25, 0.3) is 0 Å². The minimum atomic E-state index is -0.0694. The zero-order valence-corrected chi connectivity index (χ0v) is 4.42. The molecule has 2 nitrogen and oxygen atoms in total. The first-order chi connectivity index (χ1) is 3.88. The molecule has 0 aromatic heterocycles. The third-order valence-corrected chi connectivity index (χ3v) is 1.59. The second-order valence-electron chi connectivity index (χ2n) is 2.04. The maximum absolute atomic E-state index is 9.88. The average molecular weight is 108 g/mol. The molecule has 0 aromatic rings. The topological polar surface area (TPSA) is 40.9 Å². The molecule has 0 aromatic carbocycles. The Labute approximate surface area is 48.1 Å². The Morgan fingerprint density at radius 3 is 2.12 bits per heavy atom. The zero-order valence-electron chi connectivity index (χ0n) is 4.42. The monoisotopic (exact) mass is 108 g/mol. The summed E-state index contributed by atoms with van der Waals surface area (Å²) < 4.78 is 0. The van der Waals surface area contributed by atoms with Gasteiger partial charge in [0.2, 0.25) is 6.29 Å². The third kappa shape index (κ3) is 0.604. The number of hydrogen-bond acceptors (Lipinski definition) is 2. The Bertz CT molecular complexity index is 136. The van der Waals surface area contributed by atoms with E-state index >= 15 is 0 Å². The molecule has 0 bridgehead atoms. The quantitative estimate of drug-likeness (QED) is 0.494. The highest BCUT2D eigenvalue weighted by Gasteiger charge is 2.30. The SMILES string of the molecule is N#CC1CCC1[C]=O. The summed E-state index contributed by atoms with van der Waals surface area (Å²) in [7, 11) is 0. The molecule has 0 amide bonds. The highest BCUT2D eigenvalue weighted by molar-refractivity contribution is 5.57. The number of carbonyl (C=O) groups excluding carboxylic acids is 1. The van der Waals surface area contributed by atoms with Crippen LogP contribution in [0.3, 0.4) is 0 Å². The minimum Gasteiger partial charge on any atom is -0.291 e. The molecular formula is C6H6NO. The van der Waals surface area contributed by atoms with Crippen LogP contribution in [0.4, 0.5) is 0 Å². The first-order valence-electron chi connectivity index (χ1n) is 2.65. The summed E-state index contributed by atoms with van der Waals surface area (Å²) >= 11 is 0. The predicted molar refractivity (Wildman–Crippen MR) is 27.5 cm³/mol. The van der Waals surface area contributed by atoms with Crippen LogP contribution in [-0.2, 0) is 4.79 Å². The molecule has 1 fully saturated rings. The van der Waals surface area contributed by atoms with Crippen molar-refractivity contribution in [2.75, 3.05) is 0 Å². The summed E-state index contributed by atoms with van der Waals surface area (Å²) in [4.78, 5) is 9.88. The molecule has 2 atom stereocenters. The molecular weight excluding hydrogens is 102 g/mol. The molecule has 1 aliphatic carbocycles. The Morgan fingerprint density at radius 1 is 1.38 bits per heavy atom. The fraction of sp³-hybridized carbons (Fsp3) is 0.667. The van der Waals surface area contributed by atoms with E-state index in [2.05, 4.69) is 0 Å². The van der Waals surface area contributed by atoms with Gasteiger partial charge in [-0.2, -0.15) is 5.26 Å². The Balaban J connectivity index is 2.40. The molecule has 0 spiro atoms. The number of rotatable bonds is 1. The second-order valence-corrected chi connectivity index (χ2v) is 2.04. The lowest BCUT2D eigenvalue weighted by Crippen LogP contribution is -2.25. The van der Waals surface area contributed by atoms with Crippen molar-refractivity contribution in [2.45, 2.75) is 12.8 Å². The van der Waals surface area contributed by atoms with E-state index in [4.69, 9.17) is 5.26 Å². The highest BCUT2D eigenvalue weighted by atomic mass is 16.1. The van der Waals surface area contributed by atoms with E-state index < -0.39 is 0 Å². The van der Waals surface area contributed by atoms with Crippen molar-refractivity contribution in [1.29, 1.82) is 5.26 Å². The van der Waals surface area contributed by atoms with Crippen LogP contribution in [0, 0.1) is 23.2 Å². The number of nitrogens with zero attached hydrogens (tertiary/aromatic N) is 1. The van der Waals surface area contributed by atoms with Gasteiger partial charge in [-0.15, -0.1) is 0 Å². The van der Waals surface area contributed by atoms with Gasteiger partial charge in [-0.05, 0) is 12.8 Å². The normalized spacial score (nSPS) is 34.9. The van der Waals surface area contributed by atoms with Crippen LogP contribution in [0.2, 0.25) is 0 Å². The predicted octanol–water partition coefficient (Wildman–Crippen LogP) is 0.646. The Kier molecular flexibility index (Phi) is 1.29. The zero-order chi connectivity index (χ0) is 5.98. The van der Waals surface area contributed by atoms with E-state index in [1.165, 1.54) is 0 Å². The van der Waals surface area contributed by atoms with E-state index in [0.717, 1.165) is 12.8 Å². The van der Waals surface area contributed by atoms with Gasteiger partial charge in [-0.25, -0.2) is 0 Å². The van der Waals surface area contributed by atoms with E-state index in [0.29, 0.717) is 0 Å². The number of hydrogen-bond donors (Lipinski definition) is 0. The van der Waals surface area contributed by atoms with Crippen LogP contribution >= 0.6 is 0 Å². The summed E-state index contributed by atoms with van der Waals surface area (Å²) in [5.41, 5.74) is 0. The lowest BCUT2D eigenvalue weighted by molar-refractivity contribution is 0.304. The van der Waals surface area contributed by atoms with Crippen LogP contribution in [0.1, 0.15) is 12.8 Å². The maximum Gasteiger partial charge on any atom is 0.203 e. The van der Waals surface area contributed by atoms with Gasteiger partial charge in [0.05, 0.1) is 12.0 Å².